The fraction of sp³-hybridized carbons (Fsp3) is 0.375. The van der Waals surface area contributed by atoms with E-state index in [0.29, 0.717) is 31.4 Å². The van der Waals surface area contributed by atoms with Gasteiger partial charge in [0.05, 0.1) is 19.1 Å². The summed E-state index contributed by atoms with van der Waals surface area (Å²) in [6.07, 6.45) is 2.34. The van der Waals surface area contributed by atoms with Gasteiger partial charge in [-0.25, -0.2) is 4.98 Å². The van der Waals surface area contributed by atoms with Gasteiger partial charge in [-0.05, 0) is 62.1 Å². The van der Waals surface area contributed by atoms with E-state index < -0.39 is 5.41 Å². The number of carbonyl (C=O) groups excluding carboxylic acids is 1. The first-order valence-electron chi connectivity index (χ1n) is 13.4. The fourth-order valence-electron chi connectivity index (χ4n) is 4.61. The largest absolute Gasteiger partial charge is 0.508 e. The zero-order valence-corrected chi connectivity index (χ0v) is 24.5. The molecule has 0 saturated carbocycles. The third-order valence-corrected chi connectivity index (χ3v) is 8.25. The minimum atomic E-state index is -0.706. The van der Waals surface area contributed by atoms with E-state index in [1.54, 1.807) is 24.9 Å². The SMILES string of the molecule is CCOC(=O)C(C)(C)Cc1c(SCC(C)C)c2cc(O)ccc2n1Cc1ccc(-c2ccc(OC)nc2)cc1. The Labute approximate surface area is 235 Å². The van der Waals surface area contributed by atoms with Gasteiger partial charge in [-0.1, -0.05) is 38.1 Å². The van der Waals surface area contributed by atoms with Crippen LogP contribution >= 0.6 is 11.8 Å². The molecule has 6 nitrogen and oxygen atoms in total. The van der Waals surface area contributed by atoms with E-state index in [1.807, 2.05) is 51.2 Å². The lowest BCUT2D eigenvalue weighted by atomic mass is 9.87. The molecule has 2 heterocycles. The minimum absolute atomic E-state index is 0.207. The molecule has 1 N–H and O–H groups in total. The Morgan fingerprint density at radius 1 is 1.08 bits per heavy atom. The molecule has 4 aromatic rings. The first-order valence-corrected chi connectivity index (χ1v) is 14.3. The van der Waals surface area contributed by atoms with Crippen molar-refractivity contribution in [3.05, 3.63) is 72.1 Å². The zero-order valence-electron chi connectivity index (χ0n) is 23.7. The van der Waals surface area contributed by atoms with Gasteiger partial charge < -0.3 is 19.1 Å². The number of nitrogens with zero attached hydrogens (tertiary/aromatic N) is 2. The number of hydrogen-bond acceptors (Lipinski definition) is 6. The summed E-state index contributed by atoms with van der Waals surface area (Å²) in [5.41, 5.74) is 4.66. The molecule has 7 heteroatoms. The van der Waals surface area contributed by atoms with Crippen LogP contribution in [0.1, 0.15) is 45.9 Å². The van der Waals surface area contributed by atoms with Gasteiger partial charge in [-0.3, -0.25) is 4.79 Å². The van der Waals surface area contributed by atoms with Gasteiger partial charge in [0, 0.05) is 58.0 Å². The van der Waals surface area contributed by atoms with Crippen LogP contribution in [0.15, 0.2) is 65.7 Å². The summed E-state index contributed by atoms with van der Waals surface area (Å²) < 4.78 is 12.9. The van der Waals surface area contributed by atoms with Crippen molar-refractivity contribution in [2.24, 2.45) is 11.3 Å². The van der Waals surface area contributed by atoms with Crippen molar-refractivity contribution in [2.45, 2.75) is 52.5 Å². The van der Waals surface area contributed by atoms with E-state index in [-0.39, 0.29) is 11.7 Å². The quantitative estimate of drug-likeness (QED) is 0.157. The van der Waals surface area contributed by atoms with Crippen LogP contribution < -0.4 is 4.74 Å². The Morgan fingerprint density at radius 2 is 1.79 bits per heavy atom. The number of aromatic hydroxyl groups is 1. The Morgan fingerprint density at radius 3 is 2.41 bits per heavy atom. The molecule has 2 aromatic carbocycles. The van der Waals surface area contributed by atoms with Crippen LogP contribution in [0.4, 0.5) is 0 Å². The van der Waals surface area contributed by atoms with Crippen molar-refractivity contribution in [3.8, 4) is 22.8 Å². The smallest absolute Gasteiger partial charge is 0.311 e. The van der Waals surface area contributed by atoms with Crippen molar-refractivity contribution < 1.29 is 19.4 Å². The van der Waals surface area contributed by atoms with Crippen LogP contribution in [0.3, 0.4) is 0 Å². The molecule has 2 aromatic heterocycles. The van der Waals surface area contributed by atoms with Gasteiger partial charge in [0.15, 0.2) is 0 Å². The lowest BCUT2D eigenvalue weighted by molar-refractivity contribution is -0.153. The Balaban J connectivity index is 1.76. The summed E-state index contributed by atoms with van der Waals surface area (Å²) in [6, 6.07) is 17.9. The molecule has 0 aliphatic carbocycles. The molecular formula is C32H38N2O4S. The highest BCUT2D eigenvalue weighted by Gasteiger charge is 2.33. The normalized spacial score (nSPS) is 11.8. The molecule has 0 saturated heterocycles. The number of thioether (sulfide) groups is 1. The van der Waals surface area contributed by atoms with Gasteiger partial charge in [0.1, 0.15) is 5.75 Å². The summed E-state index contributed by atoms with van der Waals surface area (Å²) in [7, 11) is 1.61. The van der Waals surface area contributed by atoms with Crippen molar-refractivity contribution >= 4 is 28.6 Å². The summed E-state index contributed by atoms with van der Waals surface area (Å²) in [4.78, 5) is 18.3. The van der Waals surface area contributed by atoms with Gasteiger partial charge >= 0.3 is 5.97 Å². The van der Waals surface area contributed by atoms with E-state index in [9.17, 15) is 9.90 Å². The molecular weight excluding hydrogens is 508 g/mol. The first kappa shape index (κ1) is 28.6. The van der Waals surface area contributed by atoms with E-state index in [2.05, 4.69) is 47.7 Å². The molecule has 39 heavy (non-hydrogen) atoms. The number of ether oxygens (including phenoxy) is 2. The standard InChI is InChI=1S/C32H38N2O4S/c1-7-38-31(36)32(4,5)17-28-30(39-20-21(2)3)26-16-25(35)13-14-27(26)34(28)19-22-8-10-23(11-9-22)24-12-15-29(37-6)33-18-24/h8-16,18,21,35H,7,17,19-20H2,1-6H3. The molecule has 4 rings (SSSR count). The third-order valence-electron chi connectivity index (χ3n) is 6.68. The van der Waals surface area contributed by atoms with Gasteiger partial charge in [0.2, 0.25) is 5.88 Å². The average molecular weight is 547 g/mol. The summed E-state index contributed by atoms with van der Waals surface area (Å²) in [6.45, 7) is 11.1. The van der Waals surface area contributed by atoms with E-state index in [1.165, 1.54) is 0 Å². The molecule has 0 spiro atoms. The summed E-state index contributed by atoms with van der Waals surface area (Å²) in [5.74, 6) is 2.05. The molecule has 0 radical (unpaired) electrons. The number of phenolic OH excluding ortho intramolecular Hbond substituents is 1. The topological polar surface area (TPSA) is 73.6 Å². The highest BCUT2D eigenvalue weighted by molar-refractivity contribution is 7.99. The van der Waals surface area contributed by atoms with E-state index >= 15 is 0 Å². The monoisotopic (exact) mass is 546 g/mol. The van der Waals surface area contributed by atoms with Crippen molar-refractivity contribution in [2.75, 3.05) is 19.5 Å². The molecule has 0 aliphatic rings. The summed E-state index contributed by atoms with van der Waals surface area (Å²) >= 11 is 1.79. The van der Waals surface area contributed by atoms with Crippen molar-refractivity contribution in [1.29, 1.82) is 0 Å². The van der Waals surface area contributed by atoms with E-state index in [4.69, 9.17) is 9.47 Å². The van der Waals surface area contributed by atoms with Gasteiger partial charge in [-0.15, -0.1) is 11.8 Å². The number of methoxy groups -OCH3 is 1. The minimum Gasteiger partial charge on any atom is -0.508 e. The second kappa shape index (κ2) is 12.2. The average Bonchev–Trinajstić information content (AvgIpc) is 3.18. The number of aromatic nitrogens is 2. The number of fused-ring (bicyclic) bond motifs is 1. The molecule has 0 fully saturated rings. The molecule has 0 bridgehead atoms. The first-order chi connectivity index (χ1) is 18.6. The van der Waals surface area contributed by atoms with Crippen LogP contribution in [-0.2, 0) is 22.5 Å². The lowest BCUT2D eigenvalue weighted by Crippen LogP contribution is -2.30. The number of benzene rings is 2. The van der Waals surface area contributed by atoms with Gasteiger partial charge in [-0.2, -0.15) is 0 Å². The zero-order chi connectivity index (χ0) is 28.2. The summed E-state index contributed by atoms with van der Waals surface area (Å²) in [5, 5.41) is 11.4. The highest BCUT2D eigenvalue weighted by Crippen LogP contribution is 2.40. The Bertz CT molecular complexity index is 1420. The predicted molar refractivity (Wildman–Crippen MR) is 159 cm³/mol. The maximum absolute atomic E-state index is 12.9. The Kier molecular flexibility index (Phi) is 8.90. The molecule has 0 aliphatic heterocycles. The number of esters is 1. The second-order valence-corrected chi connectivity index (χ2v) is 11.9. The van der Waals surface area contributed by atoms with Crippen LogP contribution in [0.5, 0.6) is 11.6 Å². The number of hydrogen-bond donors (Lipinski definition) is 1. The number of rotatable bonds is 11. The second-order valence-electron chi connectivity index (χ2n) is 10.8. The maximum Gasteiger partial charge on any atom is 0.311 e. The maximum atomic E-state index is 12.9. The van der Waals surface area contributed by atoms with Crippen molar-refractivity contribution in [1.82, 2.24) is 9.55 Å². The molecule has 0 amide bonds. The number of phenols is 1. The third kappa shape index (κ3) is 6.59. The Hall–Kier alpha value is -3.45. The molecule has 0 atom stereocenters. The number of carbonyl (C=O) groups is 1. The van der Waals surface area contributed by atoms with Crippen LogP contribution in [0.2, 0.25) is 0 Å². The van der Waals surface area contributed by atoms with Crippen LogP contribution in [0, 0.1) is 11.3 Å². The molecule has 206 valence electrons. The highest BCUT2D eigenvalue weighted by atomic mass is 32.2. The van der Waals surface area contributed by atoms with Gasteiger partial charge in [0.25, 0.3) is 0 Å². The lowest BCUT2D eigenvalue weighted by Gasteiger charge is -2.24. The molecule has 0 unspecified atom stereocenters. The number of pyridine rings is 1. The fourth-order valence-corrected chi connectivity index (χ4v) is 5.77. The predicted octanol–water partition coefficient (Wildman–Crippen LogP) is 7.35. The van der Waals surface area contributed by atoms with Crippen molar-refractivity contribution in [3.63, 3.8) is 0 Å². The van der Waals surface area contributed by atoms with Crippen LogP contribution in [-0.4, -0.2) is 40.1 Å². The van der Waals surface area contributed by atoms with E-state index in [0.717, 1.165) is 43.9 Å². The van der Waals surface area contributed by atoms with Crippen LogP contribution in [0.25, 0.3) is 22.0 Å².